The molecule has 0 bridgehead atoms. The Bertz CT molecular complexity index is 365. The highest BCUT2D eigenvalue weighted by Gasteiger charge is 2.14. The minimum Gasteiger partial charge on any atom is -0.462 e. The van der Waals surface area contributed by atoms with Crippen LogP contribution in [0.25, 0.3) is 0 Å². The summed E-state index contributed by atoms with van der Waals surface area (Å²) >= 11 is 0. The fraction of sp³-hybridized carbons (Fsp3) is 0.960. The first-order chi connectivity index (χ1) is 14.6. The number of ether oxygens (including phenoxy) is 2. The van der Waals surface area contributed by atoms with Crippen molar-refractivity contribution in [2.75, 3.05) is 19.8 Å². The number of hydrogen-bond acceptors (Lipinski definition) is 5. The summed E-state index contributed by atoms with van der Waals surface area (Å²) in [7, 11) is 0. The molecule has 0 heterocycles. The van der Waals surface area contributed by atoms with Crippen molar-refractivity contribution in [1.82, 2.24) is 0 Å². The number of rotatable bonds is 23. The summed E-state index contributed by atoms with van der Waals surface area (Å²) < 4.78 is 11.3. The van der Waals surface area contributed by atoms with Crippen molar-refractivity contribution in [3.05, 3.63) is 0 Å². The third-order valence-corrected chi connectivity index (χ3v) is 5.56. The molecule has 0 amide bonds. The number of carbonyl (C=O) groups excluding carboxylic acids is 1. The first kappa shape index (κ1) is 29.4. The molecule has 3 N–H and O–H groups in total. The topological polar surface area (TPSA) is 81.8 Å². The quantitative estimate of drug-likeness (QED) is 0.156. The Labute approximate surface area is 186 Å². The molecule has 0 saturated heterocycles. The molecule has 0 aromatic rings. The Hall–Kier alpha value is -0.650. The molecule has 0 aliphatic rings. The Morgan fingerprint density at radius 1 is 0.800 bits per heavy atom. The van der Waals surface area contributed by atoms with Gasteiger partial charge in [-0.15, -0.1) is 0 Å². The average molecular weight is 430 g/mol. The maximum absolute atomic E-state index is 12.3. The van der Waals surface area contributed by atoms with Crippen LogP contribution in [0, 0.1) is 0 Å². The van der Waals surface area contributed by atoms with Crippen LogP contribution in [-0.4, -0.2) is 43.0 Å². The molecular formula is C25H51NO4. The average Bonchev–Trinajstić information content (AvgIpc) is 2.74. The van der Waals surface area contributed by atoms with Gasteiger partial charge in [-0.25, -0.2) is 0 Å². The smallest absolute Gasteiger partial charge is 0.306 e. The third-order valence-electron chi connectivity index (χ3n) is 5.56. The zero-order chi connectivity index (χ0) is 22.3. The summed E-state index contributed by atoms with van der Waals surface area (Å²) in [6.07, 6.45) is 19.3. The van der Waals surface area contributed by atoms with Gasteiger partial charge in [0.1, 0.15) is 6.10 Å². The molecule has 0 spiro atoms. The number of carbonyl (C=O) groups is 1. The number of unbranched alkanes of at least 4 members (excludes halogenated alkanes) is 12. The molecule has 0 aromatic heterocycles. The highest BCUT2D eigenvalue weighted by atomic mass is 16.5. The second-order valence-electron chi connectivity index (χ2n) is 8.70. The number of aliphatic hydroxyl groups excluding tert-OH is 1. The first-order valence-corrected chi connectivity index (χ1v) is 12.8. The molecule has 5 nitrogen and oxygen atoms in total. The monoisotopic (exact) mass is 429 g/mol. The van der Waals surface area contributed by atoms with Gasteiger partial charge in [-0.05, 0) is 19.3 Å². The van der Waals surface area contributed by atoms with E-state index < -0.39 is 0 Å². The van der Waals surface area contributed by atoms with Crippen molar-refractivity contribution in [2.24, 2.45) is 5.73 Å². The predicted octanol–water partition coefficient (Wildman–Crippen LogP) is 5.91. The van der Waals surface area contributed by atoms with E-state index >= 15 is 0 Å². The van der Waals surface area contributed by atoms with Gasteiger partial charge in [0.05, 0.1) is 25.9 Å². The second-order valence-corrected chi connectivity index (χ2v) is 8.70. The Balaban J connectivity index is 3.96. The Morgan fingerprint density at radius 3 is 1.90 bits per heavy atom. The number of nitrogens with two attached hydrogens (primary N) is 1. The molecule has 0 unspecified atom stereocenters. The van der Waals surface area contributed by atoms with Crippen molar-refractivity contribution in [2.45, 2.75) is 135 Å². The van der Waals surface area contributed by atoms with E-state index in [1.165, 1.54) is 70.6 Å². The summed E-state index contributed by atoms with van der Waals surface area (Å²) in [5.74, 6) is -0.0661. The van der Waals surface area contributed by atoms with Gasteiger partial charge in [0.15, 0.2) is 0 Å². The molecule has 0 aliphatic heterocycles. The van der Waals surface area contributed by atoms with Crippen LogP contribution in [0.1, 0.15) is 123 Å². The number of esters is 1. The highest BCUT2D eigenvalue weighted by molar-refractivity contribution is 5.69. The van der Waals surface area contributed by atoms with E-state index in [9.17, 15) is 4.79 Å². The largest absolute Gasteiger partial charge is 0.462 e. The maximum Gasteiger partial charge on any atom is 0.306 e. The minimum atomic E-state index is -0.341. The zero-order valence-electron chi connectivity index (χ0n) is 20.0. The highest BCUT2D eigenvalue weighted by Crippen LogP contribution is 2.15. The normalized spacial score (nSPS) is 13.3. The lowest BCUT2D eigenvalue weighted by Gasteiger charge is -2.19. The van der Waals surface area contributed by atoms with Gasteiger partial charge in [0.25, 0.3) is 0 Å². The van der Waals surface area contributed by atoms with Crippen LogP contribution < -0.4 is 5.73 Å². The number of aliphatic hydroxyl groups is 1. The van der Waals surface area contributed by atoms with E-state index in [0.29, 0.717) is 26.1 Å². The summed E-state index contributed by atoms with van der Waals surface area (Å²) in [5.41, 5.74) is 5.66. The van der Waals surface area contributed by atoms with E-state index in [0.717, 1.165) is 25.7 Å². The van der Waals surface area contributed by atoms with Gasteiger partial charge in [0, 0.05) is 12.8 Å². The second kappa shape index (κ2) is 23.0. The molecule has 0 radical (unpaired) electrons. The summed E-state index contributed by atoms with van der Waals surface area (Å²) in [6.45, 7) is 5.24. The molecule has 180 valence electrons. The molecule has 30 heavy (non-hydrogen) atoms. The number of hydrogen-bond donors (Lipinski definition) is 2. The zero-order valence-corrected chi connectivity index (χ0v) is 20.0. The van der Waals surface area contributed by atoms with Crippen molar-refractivity contribution in [1.29, 1.82) is 0 Å². The molecule has 0 fully saturated rings. The fourth-order valence-electron chi connectivity index (χ4n) is 3.56. The Morgan fingerprint density at radius 2 is 1.33 bits per heavy atom. The van der Waals surface area contributed by atoms with E-state index in [1.54, 1.807) is 0 Å². The lowest BCUT2D eigenvalue weighted by Crippen LogP contribution is -2.30. The molecule has 0 rings (SSSR count). The van der Waals surface area contributed by atoms with Crippen LogP contribution in [0.15, 0.2) is 0 Å². The van der Waals surface area contributed by atoms with Gasteiger partial charge in [-0.2, -0.15) is 0 Å². The van der Waals surface area contributed by atoms with Crippen LogP contribution in [0.2, 0.25) is 0 Å². The molecule has 5 heteroatoms. The van der Waals surface area contributed by atoms with E-state index in [4.69, 9.17) is 20.3 Å². The van der Waals surface area contributed by atoms with Crippen LogP contribution in [0.4, 0.5) is 0 Å². The van der Waals surface area contributed by atoms with E-state index in [1.807, 2.05) is 0 Å². The van der Waals surface area contributed by atoms with Gasteiger partial charge < -0.3 is 20.3 Å². The van der Waals surface area contributed by atoms with Crippen LogP contribution in [-0.2, 0) is 14.3 Å². The van der Waals surface area contributed by atoms with Crippen molar-refractivity contribution < 1.29 is 19.4 Å². The van der Waals surface area contributed by atoms with Gasteiger partial charge in [-0.3, -0.25) is 4.79 Å². The lowest BCUT2D eigenvalue weighted by atomic mass is 10.1. The third kappa shape index (κ3) is 20.6. The standard InChI is InChI=1S/C25H51NO4/c1-3-5-7-9-10-11-12-14-16-18-25(28)30-24(17-15-13-8-6-4-2)19-20-29-22-23(26)21-27/h23-24,27H,3-22,26H2,1-2H3/t23-,24-/m0/s1. The fourth-order valence-corrected chi connectivity index (χ4v) is 3.56. The molecule has 0 aromatic carbocycles. The predicted molar refractivity (Wildman–Crippen MR) is 126 cm³/mol. The van der Waals surface area contributed by atoms with E-state index in [-0.39, 0.29) is 24.7 Å². The SMILES string of the molecule is CCCCCCCCCCCC(=O)O[C@@H](CCCCCCC)CCOC[C@@H](N)CO. The van der Waals surface area contributed by atoms with Gasteiger partial charge >= 0.3 is 5.97 Å². The molecule has 0 saturated carbocycles. The summed E-state index contributed by atoms with van der Waals surface area (Å²) in [6, 6.07) is -0.341. The van der Waals surface area contributed by atoms with Crippen molar-refractivity contribution >= 4 is 5.97 Å². The van der Waals surface area contributed by atoms with E-state index in [2.05, 4.69) is 13.8 Å². The minimum absolute atomic E-state index is 0.0661. The van der Waals surface area contributed by atoms with Crippen LogP contribution in [0.3, 0.4) is 0 Å². The lowest BCUT2D eigenvalue weighted by molar-refractivity contribution is -0.150. The molecule has 2 atom stereocenters. The van der Waals surface area contributed by atoms with Gasteiger partial charge in [-0.1, -0.05) is 90.9 Å². The summed E-state index contributed by atoms with van der Waals surface area (Å²) in [5, 5.41) is 8.96. The molecule has 0 aliphatic carbocycles. The van der Waals surface area contributed by atoms with Crippen LogP contribution >= 0.6 is 0 Å². The van der Waals surface area contributed by atoms with Crippen molar-refractivity contribution in [3.63, 3.8) is 0 Å². The first-order valence-electron chi connectivity index (χ1n) is 12.8. The van der Waals surface area contributed by atoms with Crippen LogP contribution in [0.5, 0.6) is 0 Å². The van der Waals surface area contributed by atoms with Crippen molar-refractivity contribution in [3.8, 4) is 0 Å². The Kier molecular flexibility index (Phi) is 22.5. The molecular weight excluding hydrogens is 378 g/mol. The summed E-state index contributed by atoms with van der Waals surface area (Å²) in [4.78, 5) is 12.3. The maximum atomic E-state index is 12.3. The van der Waals surface area contributed by atoms with Gasteiger partial charge in [0.2, 0.25) is 0 Å².